The summed E-state index contributed by atoms with van der Waals surface area (Å²) in [5, 5.41) is 5.51. The molecule has 2 N–H and O–H groups in total. The van der Waals surface area contributed by atoms with Gasteiger partial charge >= 0.3 is 0 Å². The van der Waals surface area contributed by atoms with Crippen molar-refractivity contribution in [1.29, 1.82) is 0 Å². The number of nitrogens with two attached hydrogens (primary N) is 1. The molecule has 15 heavy (non-hydrogen) atoms. The Hall–Kier alpha value is -0.620. The molecule has 0 atom stereocenters. The van der Waals surface area contributed by atoms with Crippen LogP contribution in [0.1, 0.15) is 5.56 Å². The second-order valence-corrected chi connectivity index (χ2v) is 5.44. The van der Waals surface area contributed by atoms with Crippen LogP contribution in [0.2, 0.25) is 5.02 Å². The summed E-state index contributed by atoms with van der Waals surface area (Å²) in [7, 11) is -0.0535. The van der Waals surface area contributed by atoms with Crippen LogP contribution >= 0.6 is 11.6 Å². The minimum Gasteiger partial charge on any atom is -0.305 e. The first-order valence-electron chi connectivity index (χ1n) is 4.27. The van der Waals surface area contributed by atoms with Gasteiger partial charge in [0.15, 0.2) is 0 Å². The fourth-order valence-corrected chi connectivity index (χ4v) is 2.35. The van der Waals surface area contributed by atoms with Crippen molar-refractivity contribution in [2.75, 3.05) is 14.1 Å². The van der Waals surface area contributed by atoms with E-state index in [0.29, 0.717) is 17.1 Å². The van der Waals surface area contributed by atoms with Gasteiger partial charge in [0.25, 0.3) is 0 Å². The van der Waals surface area contributed by atoms with Crippen molar-refractivity contribution >= 4 is 21.6 Å². The van der Waals surface area contributed by atoms with Crippen LogP contribution < -0.4 is 5.14 Å². The maximum absolute atomic E-state index is 11.3. The summed E-state index contributed by atoms with van der Waals surface area (Å²) in [6.45, 7) is 0.436. The number of primary sulfonamides is 1. The second kappa shape index (κ2) is 4.49. The summed E-state index contributed by atoms with van der Waals surface area (Å²) in [6, 6.07) is 4.68. The third-order valence-corrected chi connectivity index (χ3v) is 3.21. The Labute approximate surface area is 94.7 Å². The van der Waals surface area contributed by atoms with Gasteiger partial charge in [0, 0.05) is 17.1 Å². The van der Waals surface area contributed by atoms with E-state index in [-0.39, 0.29) is 4.90 Å². The summed E-state index contributed by atoms with van der Waals surface area (Å²) >= 11 is 5.93. The molecule has 84 valence electrons. The molecular weight excluding hydrogens is 236 g/mol. The average molecular weight is 249 g/mol. The molecule has 0 aromatic heterocycles. The third-order valence-electron chi connectivity index (χ3n) is 1.86. The summed E-state index contributed by atoms with van der Waals surface area (Å²) in [6.07, 6.45) is 0. The van der Waals surface area contributed by atoms with E-state index in [1.807, 2.05) is 19.0 Å². The minimum atomic E-state index is -3.71. The van der Waals surface area contributed by atoms with Crippen molar-refractivity contribution in [3.63, 3.8) is 0 Å². The molecule has 1 rings (SSSR count). The van der Waals surface area contributed by atoms with Crippen LogP contribution in [0.5, 0.6) is 0 Å². The molecule has 0 bridgehead atoms. The normalized spacial score (nSPS) is 12.1. The zero-order chi connectivity index (χ0) is 11.6. The molecule has 0 saturated carbocycles. The molecule has 0 spiro atoms. The van der Waals surface area contributed by atoms with Crippen LogP contribution in [0.4, 0.5) is 0 Å². The molecule has 0 aliphatic heterocycles. The smallest absolute Gasteiger partial charge is 0.238 e. The van der Waals surface area contributed by atoms with Gasteiger partial charge in [-0.05, 0) is 26.2 Å². The maximum Gasteiger partial charge on any atom is 0.238 e. The Morgan fingerprint density at radius 2 is 2.00 bits per heavy atom. The fourth-order valence-electron chi connectivity index (χ4n) is 1.28. The van der Waals surface area contributed by atoms with Crippen molar-refractivity contribution in [3.05, 3.63) is 28.8 Å². The molecule has 0 fully saturated rings. The van der Waals surface area contributed by atoms with Crippen LogP contribution in [0.15, 0.2) is 23.1 Å². The maximum atomic E-state index is 11.3. The molecule has 1 aromatic rings. The summed E-state index contributed by atoms with van der Waals surface area (Å²) in [4.78, 5) is 1.92. The first-order valence-corrected chi connectivity index (χ1v) is 6.19. The van der Waals surface area contributed by atoms with Crippen LogP contribution in [-0.2, 0) is 16.6 Å². The highest BCUT2D eigenvalue weighted by molar-refractivity contribution is 7.89. The SMILES string of the molecule is CN(C)Cc1c(Cl)cccc1S(N)(=O)=O. The van der Waals surface area contributed by atoms with Crippen LogP contribution in [-0.4, -0.2) is 27.4 Å². The lowest BCUT2D eigenvalue weighted by Gasteiger charge is -2.14. The van der Waals surface area contributed by atoms with E-state index in [4.69, 9.17) is 16.7 Å². The van der Waals surface area contributed by atoms with Gasteiger partial charge < -0.3 is 4.90 Å². The highest BCUT2D eigenvalue weighted by Crippen LogP contribution is 2.23. The Kier molecular flexibility index (Phi) is 3.72. The molecule has 0 heterocycles. The highest BCUT2D eigenvalue weighted by atomic mass is 35.5. The van der Waals surface area contributed by atoms with Crippen molar-refractivity contribution in [2.24, 2.45) is 5.14 Å². The van der Waals surface area contributed by atoms with Crippen LogP contribution in [0, 0.1) is 0 Å². The van der Waals surface area contributed by atoms with Crippen molar-refractivity contribution < 1.29 is 8.42 Å². The van der Waals surface area contributed by atoms with Gasteiger partial charge in [-0.3, -0.25) is 0 Å². The van der Waals surface area contributed by atoms with Gasteiger partial charge in [-0.15, -0.1) is 0 Å². The predicted molar refractivity (Wildman–Crippen MR) is 60.2 cm³/mol. The largest absolute Gasteiger partial charge is 0.305 e. The van der Waals surface area contributed by atoms with Crippen molar-refractivity contribution in [3.8, 4) is 0 Å². The molecule has 0 aliphatic rings. The van der Waals surface area contributed by atoms with Gasteiger partial charge in [0.05, 0.1) is 4.90 Å². The number of hydrogen-bond acceptors (Lipinski definition) is 3. The van der Waals surface area contributed by atoms with Crippen LogP contribution in [0.25, 0.3) is 0 Å². The first kappa shape index (κ1) is 12.4. The number of hydrogen-bond donors (Lipinski definition) is 1. The quantitative estimate of drug-likeness (QED) is 0.870. The molecule has 0 saturated heterocycles. The number of rotatable bonds is 3. The average Bonchev–Trinajstić information content (AvgIpc) is 2.05. The molecule has 0 unspecified atom stereocenters. The minimum absolute atomic E-state index is 0.0868. The summed E-state index contributed by atoms with van der Waals surface area (Å²) < 4.78 is 22.6. The third kappa shape index (κ3) is 3.17. The van der Waals surface area contributed by atoms with E-state index in [9.17, 15) is 8.42 Å². The molecule has 1 aromatic carbocycles. The number of benzene rings is 1. The van der Waals surface area contributed by atoms with Crippen LogP contribution in [0.3, 0.4) is 0 Å². The first-order chi connectivity index (χ1) is 6.82. The Balaban J connectivity index is 3.33. The lowest BCUT2D eigenvalue weighted by atomic mass is 10.2. The zero-order valence-corrected chi connectivity index (χ0v) is 10.1. The van der Waals surface area contributed by atoms with E-state index >= 15 is 0 Å². The fraction of sp³-hybridized carbons (Fsp3) is 0.333. The van der Waals surface area contributed by atoms with E-state index in [1.165, 1.54) is 6.07 Å². The van der Waals surface area contributed by atoms with Gasteiger partial charge in [-0.2, -0.15) is 0 Å². The lowest BCUT2D eigenvalue weighted by Crippen LogP contribution is -2.18. The molecule has 0 amide bonds. The monoisotopic (exact) mass is 248 g/mol. The predicted octanol–water partition coefficient (Wildman–Crippen LogP) is 1.05. The summed E-state index contributed by atoms with van der Waals surface area (Å²) in [5.74, 6) is 0. The van der Waals surface area contributed by atoms with Gasteiger partial charge in [0.2, 0.25) is 10.0 Å². The second-order valence-electron chi connectivity index (χ2n) is 3.50. The highest BCUT2D eigenvalue weighted by Gasteiger charge is 2.16. The summed E-state index contributed by atoms with van der Waals surface area (Å²) in [5.41, 5.74) is 0.534. The van der Waals surface area contributed by atoms with E-state index < -0.39 is 10.0 Å². The molecule has 0 aliphatic carbocycles. The Bertz CT molecular complexity index is 457. The van der Waals surface area contributed by atoms with Crippen molar-refractivity contribution in [2.45, 2.75) is 11.4 Å². The van der Waals surface area contributed by atoms with Gasteiger partial charge in [-0.25, -0.2) is 13.6 Å². The van der Waals surface area contributed by atoms with E-state index in [0.717, 1.165) is 0 Å². The Morgan fingerprint density at radius 3 is 2.47 bits per heavy atom. The zero-order valence-electron chi connectivity index (χ0n) is 8.57. The van der Waals surface area contributed by atoms with E-state index in [2.05, 4.69) is 0 Å². The molecular formula is C9H13ClN2O2S. The number of halogens is 1. The molecule has 0 radical (unpaired) electrons. The van der Waals surface area contributed by atoms with Crippen molar-refractivity contribution in [1.82, 2.24) is 4.90 Å². The van der Waals surface area contributed by atoms with E-state index in [1.54, 1.807) is 12.1 Å². The molecule has 6 heteroatoms. The van der Waals surface area contributed by atoms with Gasteiger partial charge in [0.1, 0.15) is 0 Å². The number of sulfonamides is 1. The van der Waals surface area contributed by atoms with Gasteiger partial charge in [-0.1, -0.05) is 17.7 Å². The number of nitrogens with zero attached hydrogens (tertiary/aromatic N) is 1. The lowest BCUT2D eigenvalue weighted by molar-refractivity contribution is 0.398. The standard InChI is InChI=1S/C9H13ClN2O2S/c1-12(2)6-7-8(10)4-3-5-9(7)15(11,13)14/h3-5H,6H2,1-2H3,(H2,11,13,14). The molecule has 4 nitrogen and oxygen atoms in total. The Morgan fingerprint density at radius 1 is 1.40 bits per heavy atom. The topological polar surface area (TPSA) is 63.4 Å².